The number of halogens is 1. The molecule has 1 aliphatic rings. The molecule has 0 radical (unpaired) electrons. The maximum absolute atomic E-state index is 6.28. The third-order valence-corrected chi connectivity index (χ3v) is 4.51. The summed E-state index contributed by atoms with van der Waals surface area (Å²) in [5.41, 5.74) is 1.39. The highest BCUT2D eigenvalue weighted by atomic mass is 35.5. The molecule has 17 heavy (non-hydrogen) atoms. The van der Waals surface area contributed by atoms with Crippen molar-refractivity contribution in [1.29, 1.82) is 0 Å². The summed E-state index contributed by atoms with van der Waals surface area (Å²) in [7, 11) is 0. The maximum Gasteiger partial charge on any atom is 0.225 e. The van der Waals surface area contributed by atoms with Crippen molar-refractivity contribution in [1.82, 2.24) is 9.97 Å². The van der Waals surface area contributed by atoms with Gasteiger partial charge in [-0.15, -0.1) is 11.3 Å². The fourth-order valence-corrected chi connectivity index (χ4v) is 3.87. The lowest BCUT2D eigenvalue weighted by molar-refractivity contribution is 0.916. The standard InChI is InChI=1S/C12H14ClN3S/c1-2-6-14-12-15-10(13)9-7-4-3-5-8(7)17-11(9)16-12/h2-6H2,1H3,(H,14,15,16). The fraction of sp³-hybridized carbons (Fsp3) is 0.500. The van der Waals surface area contributed by atoms with Gasteiger partial charge in [0.15, 0.2) is 0 Å². The van der Waals surface area contributed by atoms with Crippen molar-refractivity contribution >= 4 is 39.1 Å². The Kier molecular flexibility index (Phi) is 2.92. The maximum atomic E-state index is 6.28. The van der Waals surface area contributed by atoms with Crippen molar-refractivity contribution in [3.8, 4) is 0 Å². The molecule has 2 heterocycles. The highest BCUT2D eigenvalue weighted by molar-refractivity contribution is 7.19. The number of aromatic nitrogens is 2. The van der Waals surface area contributed by atoms with Gasteiger partial charge in [-0.1, -0.05) is 18.5 Å². The molecule has 0 aromatic carbocycles. The quantitative estimate of drug-likeness (QED) is 0.863. The second-order valence-electron chi connectivity index (χ2n) is 4.30. The molecule has 0 bridgehead atoms. The first-order chi connectivity index (χ1) is 8.29. The summed E-state index contributed by atoms with van der Waals surface area (Å²) in [6.45, 7) is 3.00. The van der Waals surface area contributed by atoms with Crippen molar-refractivity contribution in [2.24, 2.45) is 0 Å². The Labute approximate surface area is 109 Å². The van der Waals surface area contributed by atoms with Gasteiger partial charge in [0.2, 0.25) is 5.95 Å². The van der Waals surface area contributed by atoms with E-state index in [0.717, 1.165) is 29.6 Å². The summed E-state index contributed by atoms with van der Waals surface area (Å²) in [6.07, 6.45) is 4.59. The molecule has 90 valence electrons. The average molecular weight is 268 g/mol. The van der Waals surface area contributed by atoms with Gasteiger partial charge < -0.3 is 5.32 Å². The van der Waals surface area contributed by atoms with E-state index >= 15 is 0 Å². The van der Waals surface area contributed by atoms with Gasteiger partial charge in [0.25, 0.3) is 0 Å². The second kappa shape index (κ2) is 4.42. The predicted molar refractivity (Wildman–Crippen MR) is 73.2 cm³/mol. The van der Waals surface area contributed by atoms with E-state index in [4.69, 9.17) is 11.6 Å². The molecular weight excluding hydrogens is 254 g/mol. The number of nitrogens with zero attached hydrogens (tertiary/aromatic N) is 2. The topological polar surface area (TPSA) is 37.8 Å². The van der Waals surface area contributed by atoms with Gasteiger partial charge in [0, 0.05) is 11.4 Å². The summed E-state index contributed by atoms with van der Waals surface area (Å²) in [5.74, 6) is 0.657. The van der Waals surface area contributed by atoms with Crippen LogP contribution in [0.25, 0.3) is 10.2 Å². The van der Waals surface area contributed by atoms with Crippen LogP contribution in [0.3, 0.4) is 0 Å². The van der Waals surface area contributed by atoms with E-state index in [1.54, 1.807) is 11.3 Å². The summed E-state index contributed by atoms with van der Waals surface area (Å²) >= 11 is 8.05. The van der Waals surface area contributed by atoms with Crippen LogP contribution in [-0.4, -0.2) is 16.5 Å². The third-order valence-electron chi connectivity index (χ3n) is 3.05. The van der Waals surface area contributed by atoms with Crippen molar-refractivity contribution in [2.45, 2.75) is 32.6 Å². The number of anilines is 1. The van der Waals surface area contributed by atoms with Gasteiger partial charge in [-0.25, -0.2) is 9.97 Å². The van der Waals surface area contributed by atoms with Gasteiger partial charge in [0.05, 0.1) is 5.39 Å². The van der Waals surface area contributed by atoms with Crippen molar-refractivity contribution < 1.29 is 0 Å². The van der Waals surface area contributed by atoms with Crippen LogP contribution >= 0.6 is 22.9 Å². The number of nitrogens with one attached hydrogen (secondary N) is 1. The largest absolute Gasteiger partial charge is 0.354 e. The van der Waals surface area contributed by atoms with Crippen molar-refractivity contribution in [3.63, 3.8) is 0 Å². The Morgan fingerprint density at radius 1 is 1.35 bits per heavy atom. The second-order valence-corrected chi connectivity index (χ2v) is 5.74. The molecule has 0 saturated heterocycles. The summed E-state index contributed by atoms with van der Waals surface area (Å²) < 4.78 is 0. The molecule has 0 spiro atoms. The normalized spacial score (nSPS) is 14.2. The number of fused-ring (bicyclic) bond motifs is 3. The highest BCUT2D eigenvalue weighted by Crippen LogP contribution is 2.39. The molecule has 0 unspecified atom stereocenters. The van der Waals surface area contributed by atoms with Crippen LogP contribution in [0, 0.1) is 0 Å². The first-order valence-corrected chi connectivity index (χ1v) is 7.20. The van der Waals surface area contributed by atoms with E-state index < -0.39 is 0 Å². The van der Waals surface area contributed by atoms with Gasteiger partial charge >= 0.3 is 0 Å². The minimum Gasteiger partial charge on any atom is -0.354 e. The molecule has 2 aromatic rings. The van der Waals surface area contributed by atoms with Crippen LogP contribution in [0.1, 0.15) is 30.2 Å². The minimum atomic E-state index is 0.605. The molecule has 0 saturated carbocycles. The van der Waals surface area contributed by atoms with Crippen LogP contribution in [0.15, 0.2) is 0 Å². The molecule has 1 aliphatic carbocycles. The van der Waals surface area contributed by atoms with Crippen molar-refractivity contribution in [3.05, 3.63) is 15.6 Å². The highest BCUT2D eigenvalue weighted by Gasteiger charge is 2.21. The number of hydrogen-bond acceptors (Lipinski definition) is 4. The predicted octanol–water partition coefficient (Wildman–Crippen LogP) is 3.66. The van der Waals surface area contributed by atoms with E-state index in [0.29, 0.717) is 11.1 Å². The summed E-state index contributed by atoms with van der Waals surface area (Å²) in [6, 6.07) is 0. The average Bonchev–Trinajstić information content (AvgIpc) is 2.85. The van der Waals surface area contributed by atoms with E-state index in [2.05, 4.69) is 22.2 Å². The van der Waals surface area contributed by atoms with Gasteiger partial charge in [-0.3, -0.25) is 0 Å². The Morgan fingerprint density at radius 2 is 2.24 bits per heavy atom. The number of hydrogen-bond donors (Lipinski definition) is 1. The molecule has 3 rings (SSSR count). The zero-order valence-electron chi connectivity index (χ0n) is 9.72. The van der Waals surface area contributed by atoms with Gasteiger partial charge in [-0.05, 0) is 31.2 Å². The Morgan fingerprint density at radius 3 is 3.06 bits per heavy atom. The monoisotopic (exact) mass is 267 g/mol. The molecule has 0 fully saturated rings. The Balaban J connectivity index is 2.08. The van der Waals surface area contributed by atoms with E-state index in [1.165, 1.54) is 23.3 Å². The van der Waals surface area contributed by atoms with Gasteiger partial charge in [0.1, 0.15) is 9.98 Å². The first-order valence-electron chi connectivity index (χ1n) is 6.01. The molecule has 5 heteroatoms. The molecule has 3 nitrogen and oxygen atoms in total. The Bertz CT molecular complexity index is 564. The zero-order valence-corrected chi connectivity index (χ0v) is 11.3. The SMILES string of the molecule is CCCNc1nc(Cl)c2c3c(sc2n1)CCC3. The molecule has 0 atom stereocenters. The van der Waals surface area contributed by atoms with E-state index in [9.17, 15) is 0 Å². The summed E-state index contributed by atoms with van der Waals surface area (Å²) in [5, 5.41) is 4.89. The van der Waals surface area contributed by atoms with Crippen LogP contribution in [0.5, 0.6) is 0 Å². The molecular formula is C12H14ClN3S. The first kappa shape index (κ1) is 11.2. The lowest BCUT2D eigenvalue weighted by Crippen LogP contribution is -2.04. The minimum absolute atomic E-state index is 0.605. The molecule has 1 N–H and O–H groups in total. The zero-order chi connectivity index (χ0) is 11.8. The smallest absolute Gasteiger partial charge is 0.225 e. The van der Waals surface area contributed by atoms with Crippen molar-refractivity contribution in [2.75, 3.05) is 11.9 Å². The lowest BCUT2D eigenvalue weighted by Gasteiger charge is -2.04. The fourth-order valence-electron chi connectivity index (χ4n) is 2.27. The van der Waals surface area contributed by atoms with E-state index in [1.807, 2.05) is 0 Å². The number of thiophene rings is 1. The van der Waals surface area contributed by atoms with Crippen LogP contribution in [0.4, 0.5) is 5.95 Å². The Hall–Kier alpha value is -0.870. The molecule has 0 aliphatic heterocycles. The third kappa shape index (κ3) is 1.89. The van der Waals surface area contributed by atoms with E-state index in [-0.39, 0.29) is 0 Å². The van der Waals surface area contributed by atoms with Gasteiger partial charge in [-0.2, -0.15) is 0 Å². The number of rotatable bonds is 3. The molecule has 2 aromatic heterocycles. The number of aryl methyl sites for hydroxylation is 2. The van der Waals surface area contributed by atoms with Crippen LogP contribution in [0.2, 0.25) is 5.15 Å². The lowest BCUT2D eigenvalue weighted by atomic mass is 10.2. The van der Waals surface area contributed by atoms with Crippen LogP contribution in [-0.2, 0) is 12.8 Å². The molecule has 0 amide bonds. The summed E-state index contributed by atoms with van der Waals surface area (Å²) in [4.78, 5) is 11.4. The van der Waals surface area contributed by atoms with Crippen LogP contribution < -0.4 is 5.32 Å².